The number of hydrogen-bond donors (Lipinski definition) is 0. The van der Waals surface area contributed by atoms with E-state index in [9.17, 15) is 26.3 Å². The Hall–Kier alpha value is -2.32. The molecule has 2 rings (SSSR count). The van der Waals surface area contributed by atoms with E-state index in [2.05, 4.69) is 14.7 Å². The summed E-state index contributed by atoms with van der Waals surface area (Å²) in [6.07, 6.45) is -8.33. The Morgan fingerprint density at radius 3 is 2.05 bits per heavy atom. The van der Waals surface area contributed by atoms with Gasteiger partial charge in [-0.15, -0.1) is 13.2 Å². The molecule has 0 radical (unpaired) electrons. The molecule has 0 saturated heterocycles. The normalized spacial score (nSPS) is 12.3. The molecule has 3 nitrogen and oxygen atoms in total. The Balaban J connectivity index is 2.28. The molecular formula is C12H6F6N2O. The van der Waals surface area contributed by atoms with E-state index in [0.29, 0.717) is 12.4 Å². The van der Waals surface area contributed by atoms with Crippen LogP contribution in [0.1, 0.15) is 5.56 Å². The molecule has 0 N–H and O–H groups in total. The van der Waals surface area contributed by atoms with Gasteiger partial charge < -0.3 is 4.74 Å². The molecule has 9 heteroatoms. The minimum Gasteiger partial charge on any atom is -0.406 e. The van der Waals surface area contributed by atoms with Crippen molar-refractivity contribution in [1.82, 2.24) is 9.97 Å². The number of ether oxygens (including phenoxy) is 1. The van der Waals surface area contributed by atoms with E-state index >= 15 is 0 Å². The van der Waals surface area contributed by atoms with Crippen molar-refractivity contribution < 1.29 is 31.1 Å². The predicted molar refractivity (Wildman–Crippen MR) is 59.2 cm³/mol. The Morgan fingerprint density at radius 1 is 0.905 bits per heavy atom. The molecule has 21 heavy (non-hydrogen) atoms. The predicted octanol–water partition coefficient (Wildman–Crippen LogP) is 4.06. The molecule has 0 aliphatic carbocycles. The monoisotopic (exact) mass is 308 g/mol. The lowest BCUT2D eigenvalue weighted by molar-refractivity contribution is -0.274. The van der Waals surface area contributed by atoms with E-state index in [-0.39, 0.29) is 11.4 Å². The number of rotatable bonds is 2. The molecule has 112 valence electrons. The molecule has 2 aromatic rings. The van der Waals surface area contributed by atoms with E-state index in [1.165, 1.54) is 12.1 Å². The van der Waals surface area contributed by atoms with Gasteiger partial charge >= 0.3 is 12.5 Å². The summed E-state index contributed by atoms with van der Waals surface area (Å²) in [6, 6.07) is 4.64. The topological polar surface area (TPSA) is 35.0 Å². The van der Waals surface area contributed by atoms with Crippen molar-refractivity contribution in [3.63, 3.8) is 0 Å². The first kappa shape index (κ1) is 15.1. The van der Waals surface area contributed by atoms with Crippen LogP contribution in [0.5, 0.6) is 5.75 Å². The number of halogens is 6. The van der Waals surface area contributed by atoms with Crippen molar-refractivity contribution in [2.45, 2.75) is 12.5 Å². The number of nitrogens with zero attached hydrogens (tertiary/aromatic N) is 2. The fourth-order valence-electron chi connectivity index (χ4n) is 1.46. The lowest BCUT2D eigenvalue weighted by atomic mass is 10.2. The van der Waals surface area contributed by atoms with Gasteiger partial charge in [-0.05, 0) is 12.1 Å². The molecule has 0 bridgehead atoms. The first-order valence-corrected chi connectivity index (χ1v) is 5.40. The van der Waals surface area contributed by atoms with Crippen LogP contribution in [-0.2, 0) is 6.18 Å². The summed E-state index contributed by atoms with van der Waals surface area (Å²) in [7, 11) is 0. The highest BCUT2D eigenvalue weighted by molar-refractivity contribution is 5.57. The SMILES string of the molecule is FC(F)(F)Oc1cccc(-c2ncc(C(F)(F)F)cn2)c1. The van der Waals surface area contributed by atoms with E-state index < -0.39 is 23.9 Å². The van der Waals surface area contributed by atoms with Gasteiger partial charge in [-0.2, -0.15) is 13.2 Å². The summed E-state index contributed by atoms with van der Waals surface area (Å²) in [4.78, 5) is 6.97. The number of benzene rings is 1. The molecular weight excluding hydrogens is 302 g/mol. The average Bonchev–Trinajstić information content (AvgIpc) is 2.36. The van der Waals surface area contributed by atoms with Gasteiger partial charge in [0.15, 0.2) is 5.82 Å². The minimum absolute atomic E-state index is 0.102. The first-order chi connectivity index (χ1) is 9.65. The van der Waals surface area contributed by atoms with E-state index in [4.69, 9.17) is 0 Å². The van der Waals surface area contributed by atoms with Crippen LogP contribution in [0.3, 0.4) is 0 Å². The largest absolute Gasteiger partial charge is 0.573 e. The first-order valence-electron chi connectivity index (χ1n) is 5.40. The zero-order valence-corrected chi connectivity index (χ0v) is 10.0. The van der Waals surface area contributed by atoms with E-state index in [1.807, 2.05) is 0 Å². The zero-order valence-electron chi connectivity index (χ0n) is 10.0. The van der Waals surface area contributed by atoms with Gasteiger partial charge in [-0.25, -0.2) is 9.97 Å². The highest BCUT2D eigenvalue weighted by Gasteiger charge is 2.32. The van der Waals surface area contributed by atoms with Crippen molar-refractivity contribution in [1.29, 1.82) is 0 Å². The van der Waals surface area contributed by atoms with Crippen LogP contribution in [0.25, 0.3) is 11.4 Å². The Bertz CT molecular complexity index is 621. The van der Waals surface area contributed by atoms with Crippen molar-refractivity contribution >= 4 is 0 Å². The third-order valence-corrected chi connectivity index (χ3v) is 2.30. The fourth-order valence-corrected chi connectivity index (χ4v) is 1.46. The molecule has 1 heterocycles. The van der Waals surface area contributed by atoms with Gasteiger partial charge in [0.2, 0.25) is 0 Å². The molecule has 0 amide bonds. The fraction of sp³-hybridized carbons (Fsp3) is 0.167. The summed E-state index contributed by atoms with van der Waals surface area (Å²) in [5.74, 6) is -0.654. The molecule has 0 saturated carbocycles. The zero-order chi connectivity index (χ0) is 15.7. The second kappa shape index (κ2) is 5.23. The van der Waals surface area contributed by atoms with Gasteiger partial charge in [0, 0.05) is 18.0 Å². The van der Waals surface area contributed by atoms with Gasteiger partial charge in [-0.3, -0.25) is 0 Å². The van der Waals surface area contributed by atoms with Crippen LogP contribution in [-0.4, -0.2) is 16.3 Å². The van der Waals surface area contributed by atoms with Gasteiger partial charge in [0.25, 0.3) is 0 Å². The highest BCUT2D eigenvalue weighted by Crippen LogP contribution is 2.30. The second-order valence-electron chi connectivity index (χ2n) is 3.87. The van der Waals surface area contributed by atoms with Gasteiger partial charge in [0.1, 0.15) is 5.75 Å². The third-order valence-electron chi connectivity index (χ3n) is 2.30. The Labute approximate surface area is 114 Å². The van der Waals surface area contributed by atoms with Crippen LogP contribution in [0.4, 0.5) is 26.3 Å². The lowest BCUT2D eigenvalue weighted by Crippen LogP contribution is -2.17. The van der Waals surface area contributed by atoms with Gasteiger partial charge in [-0.1, -0.05) is 12.1 Å². The van der Waals surface area contributed by atoms with Crippen molar-refractivity contribution in [3.8, 4) is 17.1 Å². The third kappa shape index (κ3) is 4.07. The molecule has 0 unspecified atom stereocenters. The van der Waals surface area contributed by atoms with Crippen LogP contribution in [0.15, 0.2) is 36.7 Å². The van der Waals surface area contributed by atoms with Gasteiger partial charge in [0.05, 0.1) is 5.56 Å². The van der Waals surface area contributed by atoms with Crippen LogP contribution in [0.2, 0.25) is 0 Å². The Morgan fingerprint density at radius 2 is 1.52 bits per heavy atom. The maximum Gasteiger partial charge on any atom is 0.573 e. The quantitative estimate of drug-likeness (QED) is 0.785. The van der Waals surface area contributed by atoms with Crippen molar-refractivity contribution in [2.75, 3.05) is 0 Å². The molecule has 1 aromatic carbocycles. The van der Waals surface area contributed by atoms with Crippen LogP contribution in [0, 0.1) is 0 Å². The smallest absolute Gasteiger partial charge is 0.406 e. The molecule has 0 atom stereocenters. The number of alkyl halides is 6. The molecule has 0 spiro atoms. The van der Waals surface area contributed by atoms with E-state index in [0.717, 1.165) is 12.1 Å². The maximum absolute atomic E-state index is 12.3. The summed E-state index contributed by atoms with van der Waals surface area (Å²) in [6.45, 7) is 0. The highest BCUT2D eigenvalue weighted by atomic mass is 19.4. The number of hydrogen-bond acceptors (Lipinski definition) is 3. The Kier molecular flexibility index (Phi) is 3.75. The van der Waals surface area contributed by atoms with Crippen molar-refractivity contribution in [3.05, 3.63) is 42.2 Å². The number of aromatic nitrogens is 2. The summed E-state index contributed by atoms with van der Waals surface area (Å²) in [5.41, 5.74) is -0.945. The second-order valence-corrected chi connectivity index (χ2v) is 3.87. The minimum atomic E-state index is -4.86. The summed E-state index contributed by atoms with van der Waals surface area (Å²) < 4.78 is 77.0. The molecule has 0 aliphatic rings. The van der Waals surface area contributed by atoms with Crippen molar-refractivity contribution in [2.24, 2.45) is 0 Å². The maximum atomic E-state index is 12.3. The van der Waals surface area contributed by atoms with Crippen LogP contribution < -0.4 is 4.74 Å². The molecule has 0 fully saturated rings. The summed E-state index contributed by atoms with van der Waals surface area (Å²) >= 11 is 0. The molecule has 0 aliphatic heterocycles. The lowest BCUT2D eigenvalue weighted by Gasteiger charge is -2.10. The standard InChI is InChI=1S/C12H6F6N2O/c13-11(14,15)8-5-19-10(20-6-8)7-2-1-3-9(4-7)21-12(16,17)18/h1-6H. The summed E-state index contributed by atoms with van der Waals surface area (Å²) in [5, 5.41) is 0. The molecule has 1 aromatic heterocycles. The van der Waals surface area contributed by atoms with E-state index in [1.54, 1.807) is 0 Å². The average molecular weight is 308 g/mol. The van der Waals surface area contributed by atoms with Crippen LogP contribution >= 0.6 is 0 Å².